The van der Waals surface area contributed by atoms with Crippen LogP contribution in [-0.4, -0.2) is 37.1 Å². The van der Waals surface area contributed by atoms with Crippen LogP contribution < -0.4 is 9.47 Å². The molecule has 0 saturated carbocycles. The second kappa shape index (κ2) is 6.16. The van der Waals surface area contributed by atoms with E-state index in [2.05, 4.69) is 13.8 Å². The Bertz CT molecular complexity index is 477. The Hall–Kier alpha value is -1.71. The summed E-state index contributed by atoms with van der Waals surface area (Å²) in [6.45, 7) is 4.24. The number of ether oxygens (including phenoxy) is 2. The van der Waals surface area contributed by atoms with Gasteiger partial charge in [0.25, 0.3) is 5.91 Å². The van der Waals surface area contributed by atoms with Gasteiger partial charge in [-0.25, -0.2) is 0 Å². The molecule has 110 valence electrons. The Kier molecular flexibility index (Phi) is 4.53. The second-order valence-corrected chi connectivity index (χ2v) is 5.41. The van der Waals surface area contributed by atoms with Crippen LogP contribution in [0.5, 0.6) is 11.5 Å². The molecule has 0 unspecified atom stereocenters. The fourth-order valence-electron chi connectivity index (χ4n) is 2.94. The van der Waals surface area contributed by atoms with Gasteiger partial charge in [0.15, 0.2) is 11.5 Å². The number of hydrogen-bond acceptors (Lipinski definition) is 3. The minimum absolute atomic E-state index is 0.0747. The van der Waals surface area contributed by atoms with Gasteiger partial charge >= 0.3 is 0 Å². The molecule has 1 saturated heterocycles. The molecule has 2 atom stereocenters. The van der Waals surface area contributed by atoms with E-state index in [9.17, 15) is 4.79 Å². The summed E-state index contributed by atoms with van der Waals surface area (Å²) < 4.78 is 10.5. The summed E-state index contributed by atoms with van der Waals surface area (Å²) in [5, 5.41) is 0. The van der Waals surface area contributed by atoms with E-state index in [1.165, 1.54) is 6.42 Å². The van der Waals surface area contributed by atoms with Gasteiger partial charge in [-0.2, -0.15) is 0 Å². The normalized spacial score (nSPS) is 22.5. The van der Waals surface area contributed by atoms with Crippen LogP contribution in [0.1, 0.15) is 43.5 Å². The van der Waals surface area contributed by atoms with E-state index in [4.69, 9.17) is 9.47 Å². The molecule has 0 aromatic heterocycles. The first-order chi connectivity index (χ1) is 9.58. The molecule has 1 heterocycles. The summed E-state index contributed by atoms with van der Waals surface area (Å²) in [7, 11) is 3.17. The van der Waals surface area contributed by atoms with Gasteiger partial charge in [0.1, 0.15) is 0 Å². The number of benzene rings is 1. The summed E-state index contributed by atoms with van der Waals surface area (Å²) in [5.41, 5.74) is 0.656. The molecule has 0 radical (unpaired) electrons. The third-order valence-corrected chi connectivity index (χ3v) is 4.06. The van der Waals surface area contributed by atoms with E-state index >= 15 is 0 Å². The van der Waals surface area contributed by atoms with Gasteiger partial charge in [0.2, 0.25) is 0 Å². The van der Waals surface area contributed by atoms with Crippen molar-refractivity contribution in [3.63, 3.8) is 0 Å². The van der Waals surface area contributed by atoms with Crippen molar-refractivity contribution >= 4 is 5.91 Å². The first kappa shape index (κ1) is 14.7. The summed E-state index contributed by atoms with van der Waals surface area (Å²) in [5.74, 6) is 1.31. The lowest BCUT2D eigenvalue weighted by Gasteiger charge is -2.39. The number of carbonyl (C=O) groups is 1. The van der Waals surface area contributed by atoms with Crippen molar-refractivity contribution in [3.05, 3.63) is 23.8 Å². The van der Waals surface area contributed by atoms with E-state index in [1.807, 2.05) is 4.90 Å². The van der Waals surface area contributed by atoms with Crippen LogP contribution in [0.2, 0.25) is 0 Å². The number of carbonyl (C=O) groups excluding carboxylic acids is 1. The molecule has 0 N–H and O–H groups in total. The molecule has 1 aromatic carbocycles. The number of rotatable bonds is 3. The van der Waals surface area contributed by atoms with Crippen LogP contribution in [0.4, 0.5) is 0 Å². The second-order valence-electron chi connectivity index (χ2n) is 5.41. The lowest BCUT2D eigenvalue weighted by molar-refractivity contribution is 0.0510. The largest absolute Gasteiger partial charge is 0.493 e. The highest BCUT2D eigenvalue weighted by Crippen LogP contribution is 2.30. The van der Waals surface area contributed by atoms with Gasteiger partial charge in [-0.05, 0) is 51.3 Å². The topological polar surface area (TPSA) is 38.8 Å². The van der Waals surface area contributed by atoms with Crippen LogP contribution in [0, 0.1) is 0 Å². The Morgan fingerprint density at radius 2 is 1.70 bits per heavy atom. The first-order valence-electron chi connectivity index (χ1n) is 7.13. The van der Waals surface area contributed by atoms with Gasteiger partial charge in [-0.15, -0.1) is 0 Å². The van der Waals surface area contributed by atoms with Gasteiger partial charge in [-0.3, -0.25) is 4.79 Å². The predicted molar refractivity (Wildman–Crippen MR) is 78.5 cm³/mol. The number of hydrogen-bond donors (Lipinski definition) is 0. The number of methoxy groups -OCH3 is 2. The predicted octanol–water partition coefficient (Wildman–Crippen LogP) is 3.11. The highest BCUT2D eigenvalue weighted by atomic mass is 16.5. The summed E-state index contributed by atoms with van der Waals surface area (Å²) >= 11 is 0. The standard InChI is InChI=1S/C16H23NO3/c1-11-6-5-7-12(2)17(11)16(18)13-8-9-14(19-3)15(10-13)20-4/h8-12H,5-7H2,1-4H3/t11-,12-/m1/s1. The third kappa shape index (κ3) is 2.74. The molecule has 0 spiro atoms. The van der Waals surface area contributed by atoms with Gasteiger partial charge in [-0.1, -0.05) is 0 Å². The Morgan fingerprint density at radius 1 is 1.10 bits per heavy atom. The molecule has 0 bridgehead atoms. The Morgan fingerprint density at radius 3 is 2.25 bits per heavy atom. The van der Waals surface area contributed by atoms with Crippen molar-refractivity contribution in [3.8, 4) is 11.5 Å². The smallest absolute Gasteiger partial charge is 0.254 e. The van der Waals surface area contributed by atoms with Crippen LogP contribution in [0.3, 0.4) is 0 Å². The minimum atomic E-state index is 0.0747. The molecule has 0 aliphatic carbocycles. The Balaban J connectivity index is 2.28. The van der Waals surface area contributed by atoms with E-state index in [1.54, 1.807) is 32.4 Å². The maximum Gasteiger partial charge on any atom is 0.254 e. The van der Waals surface area contributed by atoms with Gasteiger partial charge in [0, 0.05) is 17.6 Å². The van der Waals surface area contributed by atoms with Crippen molar-refractivity contribution in [2.24, 2.45) is 0 Å². The van der Waals surface area contributed by atoms with Gasteiger partial charge in [0.05, 0.1) is 14.2 Å². The molecule has 1 aromatic rings. The molecule has 4 heteroatoms. The highest BCUT2D eigenvalue weighted by molar-refractivity contribution is 5.95. The number of nitrogens with zero attached hydrogens (tertiary/aromatic N) is 1. The summed E-state index contributed by atoms with van der Waals surface area (Å²) in [6, 6.07) is 5.93. The maximum absolute atomic E-state index is 12.7. The SMILES string of the molecule is COc1ccc(C(=O)N2[C@H](C)CCC[C@H]2C)cc1OC. The quantitative estimate of drug-likeness (QED) is 0.852. The summed E-state index contributed by atoms with van der Waals surface area (Å²) in [6.07, 6.45) is 3.34. The van der Waals surface area contributed by atoms with Crippen LogP contribution in [-0.2, 0) is 0 Å². The summed E-state index contributed by atoms with van der Waals surface area (Å²) in [4.78, 5) is 14.7. The van der Waals surface area contributed by atoms with Crippen LogP contribution >= 0.6 is 0 Å². The van der Waals surface area contributed by atoms with E-state index in [-0.39, 0.29) is 5.91 Å². The molecule has 1 amide bonds. The molecule has 2 rings (SSSR count). The fourth-order valence-corrected chi connectivity index (χ4v) is 2.94. The molecule has 1 aliphatic heterocycles. The molecule has 1 aliphatic rings. The molecular formula is C16H23NO3. The average molecular weight is 277 g/mol. The first-order valence-corrected chi connectivity index (χ1v) is 7.13. The molecular weight excluding hydrogens is 254 g/mol. The van der Waals surface area contributed by atoms with Crippen molar-refractivity contribution in [1.82, 2.24) is 4.90 Å². The third-order valence-electron chi connectivity index (χ3n) is 4.06. The zero-order valence-electron chi connectivity index (χ0n) is 12.7. The van der Waals surface area contributed by atoms with Crippen molar-refractivity contribution < 1.29 is 14.3 Å². The molecule has 1 fully saturated rings. The monoisotopic (exact) mass is 277 g/mol. The zero-order valence-corrected chi connectivity index (χ0v) is 12.7. The van der Waals surface area contributed by atoms with E-state index in [0.717, 1.165) is 12.8 Å². The number of likely N-dealkylation sites (tertiary alicyclic amines) is 1. The highest BCUT2D eigenvalue weighted by Gasteiger charge is 2.29. The fraction of sp³-hybridized carbons (Fsp3) is 0.562. The minimum Gasteiger partial charge on any atom is -0.493 e. The van der Waals surface area contributed by atoms with Gasteiger partial charge < -0.3 is 14.4 Å². The average Bonchev–Trinajstić information content (AvgIpc) is 2.46. The van der Waals surface area contributed by atoms with Crippen molar-refractivity contribution in [1.29, 1.82) is 0 Å². The lowest BCUT2D eigenvalue weighted by Crippen LogP contribution is -2.47. The van der Waals surface area contributed by atoms with E-state index in [0.29, 0.717) is 29.1 Å². The number of piperidine rings is 1. The molecule has 4 nitrogen and oxygen atoms in total. The molecule has 20 heavy (non-hydrogen) atoms. The van der Waals surface area contributed by atoms with E-state index < -0.39 is 0 Å². The number of amides is 1. The maximum atomic E-state index is 12.7. The van der Waals surface area contributed by atoms with Crippen LogP contribution in [0.25, 0.3) is 0 Å². The van der Waals surface area contributed by atoms with Crippen LogP contribution in [0.15, 0.2) is 18.2 Å². The zero-order chi connectivity index (χ0) is 14.7. The lowest BCUT2D eigenvalue weighted by atomic mass is 9.96. The Labute approximate surface area is 120 Å². The van der Waals surface area contributed by atoms with Crippen molar-refractivity contribution in [2.45, 2.75) is 45.2 Å². The van der Waals surface area contributed by atoms with Crippen molar-refractivity contribution in [2.75, 3.05) is 14.2 Å².